The van der Waals surface area contributed by atoms with Gasteiger partial charge in [0, 0.05) is 5.41 Å². The molecular weight excluding hydrogens is 505 g/mol. The number of alkyl halides is 3. The van der Waals surface area contributed by atoms with Gasteiger partial charge in [0.25, 0.3) is 0 Å². The lowest BCUT2D eigenvalue weighted by Crippen LogP contribution is -2.66. The van der Waals surface area contributed by atoms with Crippen molar-refractivity contribution >= 4 is 17.5 Å². The van der Waals surface area contributed by atoms with E-state index in [1.54, 1.807) is 13.8 Å². The third-order valence-electron chi connectivity index (χ3n) is 13.7. The number of hydrogen-bond acceptors (Lipinski definition) is 3. The molecule has 0 aromatic heterocycles. The highest BCUT2D eigenvalue weighted by Gasteiger charge is 2.71. The van der Waals surface area contributed by atoms with E-state index in [0.717, 1.165) is 25.7 Å². The molecule has 0 radical (unpaired) electrons. The maximum atomic E-state index is 13.7. The Labute approximate surface area is 230 Å². The van der Waals surface area contributed by atoms with Crippen LogP contribution < -0.4 is 0 Å². The van der Waals surface area contributed by atoms with Crippen molar-refractivity contribution in [1.82, 2.24) is 0 Å². The van der Waals surface area contributed by atoms with E-state index < -0.39 is 45.9 Å². The van der Waals surface area contributed by atoms with Gasteiger partial charge in [0.05, 0.1) is 11.3 Å². The van der Waals surface area contributed by atoms with E-state index in [0.29, 0.717) is 25.2 Å². The van der Waals surface area contributed by atoms with E-state index >= 15 is 0 Å². The van der Waals surface area contributed by atoms with E-state index in [4.69, 9.17) is 0 Å². The molecule has 0 spiro atoms. The van der Waals surface area contributed by atoms with Gasteiger partial charge in [0.15, 0.2) is 0 Å². The van der Waals surface area contributed by atoms with Gasteiger partial charge in [0.1, 0.15) is 5.78 Å². The predicted octanol–water partition coefficient (Wildman–Crippen LogP) is 7.66. The molecule has 0 aromatic rings. The molecule has 5 aliphatic rings. The molecule has 10 atom stereocenters. The Bertz CT molecular complexity index is 1140. The first-order valence-electron chi connectivity index (χ1n) is 14.9. The summed E-state index contributed by atoms with van der Waals surface area (Å²) in [6.45, 7) is 14.5. The Balaban J connectivity index is 1.62. The SMILES string of the molecule is C[C@H]1[C@H](C)CC[C@]2(C(=O)O)CC[C@]3(C)C(=CC[C@@H]4[C@@]5(C)CC(C(=O)C(F)(F)F)C(=O)C(C)(C)[C@@H]5CC[C@]43C)[C@H]12. The molecule has 0 heterocycles. The number of hydrogen-bond donors (Lipinski definition) is 1. The van der Waals surface area contributed by atoms with E-state index in [2.05, 4.69) is 33.8 Å². The maximum Gasteiger partial charge on any atom is 0.450 e. The molecule has 0 amide bonds. The Morgan fingerprint density at radius 2 is 1.59 bits per heavy atom. The molecule has 5 aliphatic carbocycles. The summed E-state index contributed by atoms with van der Waals surface area (Å²) >= 11 is 0. The van der Waals surface area contributed by atoms with Crippen LogP contribution in [0, 0.1) is 62.6 Å². The number of Topliss-reactive ketones (excluding diaryl/α,β-unsaturated/α-hetero) is 2. The van der Waals surface area contributed by atoms with Crippen LogP contribution in [0.3, 0.4) is 0 Å². The van der Waals surface area contributed by atoms with Crippen molar-refractivity contribution in [3.8, 4) is 0 Å². The number of rotatable bonds is 2. The summed E-state index contributed by atoms with van der Waals surface area (Å²) in [5.41, 5.74) is -1.70. The number of ketones is 2. The number of aliphatic carboxylic acids is 1. The molecule has 0 aliphatic heterocycles. The summed E-state index contributed by atoms with van der Waals surface area (Å²) < 4.78 is 41.0. The summed E-state index contributed by atoms with van der Waals surface area (Å²) in [7, 11) is 0. The van der Waals surface area contributed by atoms with E-state index in [1.165, 1.54) is 5.57 Å². The number of carboxylic acids is 1. The molecule has 4 fully saturated rings. The molecule has 218 valence electrons. The van der Waals surface area contributed by atoms with E-state index in [1.807, 2.05) is 6.92 Å². The van der Waals surface area contributed by atoms with Crippen molar-refractivity contribution in [1.29, 1.82) is 0 Å². The van der Waals surface area contributed by atoms with Gasteiger partial charge in [0.2, 0.25) is 5.78 Å². The van der Waals surface area contributed by atoms with Crippen molar-refractivity contribution in [2.75, 3.05) is 0 Å². The summed E-state index contributed by atoms with van der Waals surface area (Å²) in [6, 6.07) is 0. The van der Waals surface area contributed by atoms with Gasteiger partial charge < -0.3 is 5.11 Å². The molecule has 4 nitrogen and oxygen atoms in total. The second-order valence-corrected chi connectivity index (χ2v) is 15.3. The summed E-state index contributed by atoms with van der Waals surface area (Å²) in [5.74, 6) is -4.34. The number of carbonyl (C=O) groups excluding carboxylic acids is 2. The summed E-state index contributed by atoms with van der Waals surface area (Å²) in [6.07, 6.45) is 2.32. The smallest absolute Gasteiger partial charge is 0.450 e. The number of allylic oxidation sites excluding steroid dienone is 2. The van der Waals surface area contributed by atoms with Crippen LogP contribution in [0.15, 0.2) is 11.6 Å². The lowest BCUT2D eigenvalue weighted by atomic mass is 9.33. The molecule has 0 bridgehead atoms. The second-order valence-electron chi connectivity index (χ2n) is 15.3. The minimum Gasteiger partial charge on any atom is -0.481 e. The van der Waals surface area contributed by atoms with Crippen LogP contribution in [-0.2, 0) is 14.4 Å². The zero-order valence-electron chi connectivity index (χ0n) is 24.5. The first kappa shape index (κ1) is 28.9. The van der Waals surface area contributed by atoms with Crippen LogP contribution in [0.5, 0.6) is 0 Å². The molecule has 1 unspecified atom stereocenters. The number of fused-ring (bicyclic) bond motifs is 7. The van der Waals surface area contributed by atoms with Crippen molar-refractivity contribution in [3.05, 3.63) is 11.6 Å². The lowest BCUT2D eigenvalue weighted by molar-refractivity contribution is -0.205. The maximum absolute atomic E-state index is 13.7. The molecule has 0 saturated heterocycles. The van der Waals surface area contributed by atoms with Crippen LogP contribution in [0.1, 0.15) is 99.8 Å². The predicted molar refractivity (Wildman–Crippen MR) is 142 cm³/mol. The Morgan fingerprint density at radius 1 is 0.949 bits per heavy atom. The lowest BCUT2D eigenvalue weighted by Gasteiger charge is -2.71. The Hall–Kier alpha value is -1.66. The molecule has 4 saturated carbocycles. The Morgan fingerprint density at radius 3 is 2.18 bits per heavy atom. The van der Waals surface area contributed by atoms with Crippen LogP contribution in [0.25, 0.3) is 0 Å². The average Bonchev–Trinajstić information content (AvgIpc) is 2.83. The van der Waals surface area contributed by atoms with E-state index in [-0.39, 0.29) is 40.9 Å². The van der Waals surface area contributed by atoms with Crippen LogP contribution >= 0.6 is 0 Å². The quantitative estimate of drug-likeness (QED) is 0.283. The Kier molecular flexibility index (Phi) is 6.24. The highest BCUT2D eigenvalue weighted by molar-refractivity contribution is 6.07. The molecule has 0 aromatic carbocycles. The first-order valence-corrected chi connectivity index (χ1v) is 14.9. The van der Waals surface area contributed by atoms with Crippen molar-refractivity contribution in [3.63, 3.8) is 0 Å². The standard InChI is InChI=1S/C32H45F3O4/c1-17-10-13-31(26(38)39)15-14-29(6)20(23(31)18(17)2)8-9-22-28(5)16-19(25(37)32(33,34)35)24(36)27(3,4)21(28)11-12-30(22,29)7/h8,17-19,21-23H,9-16H2,1-7H3,(H,38,39)/t17-,18+,19?,21+,22-,23+,28+,29-,30-,31+/m1/s1. The van der Waals surface area contributed by atoms with Gasteiger partial charge >= 0.3 is 12.1 Å². The molecule has 39 heavy (non-hydrogen) atoms. The van der Waals surface area contributed by atoms with Gasteiger partial charge in [-0.05, 0) is 97.2 Å². The summed E-state index contributed by atoms with van der Waals surface area (Å²) in [5, 5.41) is 10.5. The number of carbonyl (C=O) groups is 3. The van der Waals surface area contributed by atoms with E-state index in [9.17, 15) is 32.7 Å². The van der Waals surface area contributed by atoms with Gasteiger partial charge in [-0.1, -0.05) is 60.1 Å². The minimum absolute atomic E-state index is 0.00190. The number of halogens is 3. The molecule has 5 rings (SSSR count). The first-order chi connectivity index (χ1) is 17.8. The van der Waals surface area contributed by atoms with Crippen LogP contribution in [0.2, 0.25) is 0 Å². The third kappa shape index (κ3) is 3.52. The second kappa shape index (κ2) is 8.44. The highest BCUT2D eigenvalue weighted by atomic mass is 19.4. The zero-order valence-corrected chi connectivity index (χ0v) is 24.5. The average molecular weight is 551 g/mol. The molecule has 1 N–H and O–H groups in total. The van der Waals surface area contributed by atoms with Crippen LogP contribution in [-0.4, -0.2) is 28.8 Å². The number of carboxylic acid groups (broad SMARTS) is 1. The fourth-order valence-electron chi connectivity index (χ4n) is 11.3. The van der Waals surface area contributed by atoms with Gasteiger partial charge in [-0.3, -0.25) is 14.4 Å². The minimum atomic E-state index is -5.04. The summed E-state index contributed by atoms with van der Waals surface area (Å²) in [4.78, 5) is 38.8. The third-order valence-corrected chi connectivity index (χ3v) is 13.7. The van der Waals surface area contributed by atoms with Gasteiger partial charge in [-0.2, -0.15) is 13.2 Å². The van der Waals surface area contributed by atoms with Crippen LogP contribution in [0.4, 0.5) is 13.2 Å². The zero-order chi connectivity index (χ0) is 29.1. The van der Waals surface area contributed by atoms with Gasteiger partial charge in [-0.25, -0.2) is 0 Å². The molecular formula is C32H45F3O4. The van der Waals surface area contributed by atoms with Crippen molar-refractivity contribution in [2.45, 2.75) is 106 Å². The topological polar surface area (TPSA) is 71.4 Å². The fourth-order valence-corrected chi connectivity index (χ4v) is 11.3. The monoisotopic (exact) mass is 550 g/mol. The van der Waals surface area contributed by atoms with Crippen molar-refractivity contribution in [2.24, 2.45) is 62.6 Å². The van der Waals surface area contributed by atoms with Crippen molar-refractivity contribution < 1.29 is 32.7 Å². The normalized spacial score (nSPS) is 49.1. The fraction of sp³-hybridized carbons (Fsp3) is 0.844. The van der Waals surface area contributed by atoms with Gasteiger partial charge in [-0.15, -0.1) is 0 Å². The molecule has 7 heteroatoms. The largest absolute Gasteiger partial charge is 0.481 e. The highest BCUT2D eigenvalue weighted by Crippen LogP contribution is 2.76.